The highest BCUT2D eigenvalue weighted by atomic mass is 79.9. The van der Waals surface area contributed by atoms with Gasteiger partial charge in [0.25, 0.3) is 5.91 Å². The van der Waals surface area contributed by atoms with E-state index in [0.29, 0.717) is 22.0 Å². The fourth-order valence-corrected chi connectivity index (χ4v) is 4.21. The molecule has 1 aliphatic rings. The summed E-state index contributed by atoms with van der Waals surface area (Å²) < 4.78 is 0.821. The Morgan fingerprint density at radius 1 is 1.14 bits per heavy atom. The average Bonchev–Trinajstić information content (AvgIpc) is 2.73. The van der Waals surface area contributed by atoms with Crippen molar-refractivity contribution >= 4 is 50.7 Å². The summed E-state index contributed by atoms with van der Waals surface area (Å²) in [7, 11) is 1.85. The van der Waals surface area contributed by atoms with Gasteiger partial charge < -0.3 is 15.5 Å². The molecular weight excluding hydrogens is 454 g/mol. The van der Waals surface area contributed by atoms with Crippen LogP contribution in [0, 0.1) is 0 Å². The Morgan fingerprint density at radius 2 is 1.86 bits per heavy atom. The lowest BCUT2D eigenvalue weighted by atomic mass is 9.94. The Hall–Kier alpha value is -2.05. The van der Waals surface area contributed by atoms with Gasteiger partial charge in [-0.05, 0) is 59.1 Å². The van der Waals surface area contributed by atoms with E-state index in [1.54, 1.807) is 18.2 Å². The Balaban J connectivity index is 1.58. The second kappa shape index (κ2) is 10.1. The average molecular weight is 479 g/mol. The molecule has 0 aromatic heterocycles. The van der Waals surface area contributed by atoms with Crippen molar-refractivity contribution in [2.45, 2.75) is 38.1 Å². The molecule has 0 spiro atoms. The fourth-order valence-electron chi connectivity index (χ4n) is 3.56. The minimum absolute atomic E-state index is 0.0554. The normalized spacial score (nSPS) is 14.3. The first kappa shape index (κ1) is 21.7. The van der Waals surface area contributed by atoms with E-state index >= 15 is 0 Å². The first-order valence-corrected chi connectivity index (χ1v) is 11.0. The first-order valence-electron chi connectivity index (χ1n) is 9.80. The lowest BCUT2D eigenvalue weighted by Crippen LogP contribution is -2.38. The van der Waals surface area contributed by atoms with Crippen LogP contribution in [0.3, 0.4) is 0 Å². The lowest BCUT2D eigenvalue weighted by Gasteiger charge is -2.31. The third-order valence-electron chi connectivity index (χ3n) is 5.24. The number of para-hydroxylation sites is 1. The number of carbonyl (C=O) groups excluding carboxylic acids is 2. The minimum atomic E-state index is -0.176. The number of carbonyl (C=O) groups is 2. The largest absolute Gasteiger partial charge is 0.376 e. The van der Waals surface area contributed by atoms with Crippen molar-refractivity contribution in [2.75, 3.05) is 24.2 Å². The highest BCUT2D eigenvalue weighted by Crippen LogP contribution is 2.27. The number of amides is 2. The first-order chi connectivity index (χ1) is 14.0. The van der Waals surface area contributed by atoms with Gasteiger partial charge in [0.1, 0.15) is 0 Å². The van der Waals surface area contributed by atoms with Gasteiger partial charge in [-0.3, -0.25) is 9.59 Å². The molecule has 0 unspecified atom stereocenters. The summed E-state index contributed by atoms with van der Waals surface area (Å²) in [6, 6.07) is 12.9. The van der Waals surface area contributed by atoms with Crippen LogP contribution in [0.2, 0.25) is 5.02 Å². The predicted molar refractivity (Wildman–Crippen MR) is 122 cm³/mol. The van der Waals surface area contributed by atoms with E-state index in [0.717, 1.165) is 17.3 Å². The zero-order valence-corrected chi connectivity index (χ0v) is 18.7. The van der Waals surface area contributed by atoms with E-state index in [-0.39, 0.29) is 24.4 Å². The molecule has 2 aromatic rings. The fraction of sp³-hybridized carbons (Fsp3) is 0.364. The van der Waals surface area contributed by atoms with E-state index in [9.17, 15) is 9.59 Å². The van der Waals surface area contributed by atoms with Crippen LogP contribution in [-0.2, 0) is 4.79 Å². The van der Waals surface area contributed by atoms with Gasteiger partial charge in [-0.2, -0.15) is 0 Å². The quantitative estimate of drug-likeness (QED) is 0.571. The number of hydrogen-bond donors (Lipinski definition) is 2. The van der Waals surface area contributed by atoms with Crippen LogP contribution in [0.5, 0.6) is 0 Å². The molecule has 0 radical (unpaired) electrons. The summed E-state index contributed by atoms with van der Waals surface area (Å²) in [5.74, 6) is -0.231. The Morgan fingerprint density at radius 3 is 2.55 bits per heavy atom. The molecule has 2 N–H and O–H groups in total. The molecule has 1 saturated carbocycles. The third kappa shape index (κ3) is 5.73. The van der Waals surface area contributed by atoms with E-state index in [4.69, 9.17) is 11.6 Å². The van der Waals surface area contributed by atoms with E-state index < -0.39 is 0 Å². The summed E-state index contributed by atoms with van der Waals surface area (Å²) in [4.78, 5) is 26.8. The molecule has 0 atom stereocenters. The summed E-state index contributed by atoms with van der Waals surface area (Å²) in [6.45, 7) is 0.0902. The van der Waals surface area contributed by atoms with Crippen LogP contribution in [0.25, 0.3) is 0 Å². The Labute approximate surface area is 184 Å². The maximum Gasteiger partial charge on any atom is 0.255 e. The van der Waals surface area contributed by atoms with Gasteiger partial charge in [0, 0.05) is 23.2 Å². The second-order valence-corrected chi connectivity index (χ2v) is 8.55. The highest BCUT2D eigenvalue weighted by Gasteiger charge is 2.24. The van der Waals surface area contributed by atoms with Crippen molar-refractivity contribution in [2.24, 2.45) is 0 Å². The number of nitrogens with one attached hydrogen (secondary N) is 2. The lowest BCUT2D eigenvalue weighted by molar-refractivity contribution is -0.114. The van der Waals surface area contributed by atoms with E-state index in [1.165, 1.54) is 19.3 Å². The Bertz CT molecular complexity index is 884. The number of anilines is 2. The highest BCUT2D eigenvalue weighted by molar-refractivity contribution is 9.10. The van der Waals surface area contributed by atoms with Gasteiger partial charge in [-0.25, -0.2) is 0 Å². The maximum absolute atomic E-state index is 12.8. The summed E-state index contributed by atoms with van der Waals surface area (Å²) in [5.41, 5.74) is 1.89. The molecule has 0 bridgehead atoms. The number of halogens is 2. The molecule has 0 heterocycles. The maximum atomic E-state index is 12.8. The monoisotopic (exact) mass is 477 g/mol. The van der Waals surface area contributed by atoms with Crippen LogP contribution in [0.1, 0.15) is 42.5 Å². The van der Waals surface area contributed by atoms with Crippen LogP contribution in [-0.4, -0.2) is 36.3 Å². The summed E-state index contributed by atoms with van der Waals surface area (Å²) in [6.07, 6.45) is 5.67. The van der Waals surface area contributed by atoms with Gasteiger partial charge in [-0.1, -0.05) is 43.0 Å². The summed E-state index contributed by atoms with van der Waals surface area (Å²) >= 11 is 9.78. The van der Waals surface area contributed by atoms with Gasteiger partial charge in [0.15, 0.2) is 0 Å². The molecule has 0 aliphatic heterocycles. The molecule has 2 aromatic carbocycles. The number of rotatable bonds is 6. The van der Waals surface area contributed by atoms with Gasteiger partial charge >= 0.3 is 0 Å². The standard InChI is InChI=1S/C22H25BrClN3O2/c1-27(16-7-3-2-4-8-16)22(29)17-12-11-15(13-19(17)24)25-14-21(28)26-20-10-6-5-9-18(20)23/h5-6,9-13,16,25H,2-4,7-8,14H2,1H3,(H,26,28). The second-order valence-electron chi connectivity index (χ2n) is 7.28. The molecule has 2 amide bonds. The molecule has 3 rings (SSSR count). The third-order valence-corrected chi connectivity index (χ3v) is 6.25. The number of nitrogens with zero attached hydrogens (tertiary/aromatic N) is 1. The van der Waals surface area contributed by atoms with Crippen molar-refractivity contribution in [1.29, 1.82) is 0 Å². The molecule has 5 nitrogen and oxygen atoms in total. The van der Waals surface area contributed by atoms with E-state index in [1.807, 2.05) is 36.2 Å². The molecule has 1 aliphatic carbocycles. The Kier molecular flexibility index (Phi) is 7.56. The van der Waals surface area contributed by atoms with Gasteiger partial charge in [-0.15, -0.1) is 0 Å². The molecule has 0 saturated heterocycles. The minimum Gasteiger partial charge on any atom is -0.376 e. The van der Waals surface area contributed by atoms with E-state index in [2.05, 4.69) is 26.6 Å². The number of hydrogen-bond acceptors (Lipinski definition) is 3. The van der Waals surface area contributed by atoms with Gasteiger partial charge in [0.2, 0.25) is 5.91 Å². The molecule has 7 heteroatoms. The number of benzene rings is 2. The molecule has 154 valence electrons. The SMILES string of the molecule is CN(C(=O)c1ccc(NCC(=O)Nc2ccccc2Br)cc1Cl)C1CCCCC1. The van der Waals surface area contributed by atoms with Crippen LogP contribution in [0.4, 0.5) is 11.4 Å². The zero-order valence-electron chi connectivity index (χ0n) is 16.4. The van der Waals surface area contributed by atoms with Crippen molar-refractivity contribution in [3.63, 3.8) is 0 Å². The zero-order chi connectivity index (χ0) is 20.8. The van der Waals surface area contributed by atoms with Crippen LogP contribution < -0.4 is 10.6 Å². The van der Waals surface area contributed by atoms with Crippen LogP contribution >= 0.6 is 27.5 Å². The molecule has 29 heavy (non-hydrogen) atoms. The van der Waals surface area contributed by atoms with Crippen LogP contribution in [0.15, 0.2) is 46.9 Å². The molecule has 1 fully saturated rings. The van der Waals surface area contributed by atoms with Crippen molar-refractivity contribution in [3.05, 3.63) is 57.5 Å². The van der Waals surface area contributed by atoms with Crippen molar-refractivity contribution < 1.29 is 9.59 Å². The van der Waals surface area contributed by atoms with Crippen molar-refractivity contribution in [3.8, 4) is 0 Å². The van der Waals surface area contributed by atoms with Gasteiger partial charge in [0.05, 0.1) is 22.8 Å². The van der Waals surface area contributed by atoms with Crippen molar-refractivity contribution in [1.82, 2.24) is 4.90 Å². The predicted octanol–water partition coefficient (Wildman–Crippen LogP) is 5.56. The summed E-state index contributed by atoms with van der Waals surface area (Å²) in [5, 5.41) is 6.26. The smallest absolute Gasteiger partial charge is 0.255 e. The topological polar surface area (TPSA) is 61.4 Å². The molecular formula is C22H25BrClN3O2.